The Kier molecular flexibility index (Phi) is 2.30. The summed E-state index contributed by atoms with van der Waals surface area (Å²) in [6.45, 7) is 1.68. The van der Waals surface area contributed by atoms with E-state index in [0.29, 0.717) is 10.8 Å². The maximum absolute atomic E-state index is 9.37. The number of rotatable bonds is 2. The van der Waals surface area contributed by atoms with E-state index in [4.69, 9.17) is 0 Å². The lowest BCUT2D eigenvalue weighted by atomic mass is 10.4. The Morgan fingerprint density at radius 3 is 2.93 bits per heavy atom. The van der Waals surface area contributed by atoms with Crippen molar-refractivity contribution in [3.8, 4) is 0 Å². The van der Waals surface area contributed by atoms with Gasteiger partial charge in [-0.25, -0.2) is 15.0 Å². The summed E-state index contributed by atoms with van der Waals surface area (Å²) in [6.07, 6.45) is 0.928. The van der Waals surface area contributed by atoms with Crippen molar-refractivity contribution in [1.29, 1.82) is 0 Å². The highest BCUT2D eigenvalue weighted by Crippen LogP contribution is 2.27. The van der Waals surface area contributed by atoms with Crippen molar-refractivity contribution in [2.24, 2.45) is 0 Å². The molecule has 0 radical (unpaired) electrons. The smallest absolute Gasteiger partial charge is 0.156 e. The normalized spacial score (nSPS) is 13.1. The van der Waals surface area contributed by atoms with Crippen molar-refractivity contribution in [1.82, 2.24) is 15.0 Å². The number of aromatic nitrogens is 3. The zero-order chi connectivity index (χ0) is 10.1. The second-order valence-corrected chi connectivity index (χ2v) is 3.86. The van der Waals surface area contributed by atoms with Crippen molar-refractivity contribution in [3.05, 3.63) is 11.3 Å². The van der Waals surface area contributed by atoms with Gasteiger partial charge in [0.05, 0.1) is 0 Å². The lowest BCUT2D eigenvalue weighted by Crippen LogP contribution is -1.94. The van der Waals surface area contributed by atoms with Gasteiger partial charge in [0.25, 0.3) is 0 Å². The van der Waals surface area contributed by atoms with Crippen LogP contribution in [0.2, 0.25) is 0 Å². The van der Waals surface area contributed by atoms with E-state index in [1.165, 1.54) is 17.7 Å². The molecular weight excluding hydrogens is 200 g/mol. The van der Waals surface area contributed by atoms with E-state index in [9.17, 15) is 5.11 Å². The standard InChI is InChI=1S/C8H10N4OS/c1-4(13)7-12-5-6(9-2)10-3-11-8(5)14-7/h3-4,13H,1-2H3,(H,9,10,11). The maximum atomic E-state index is 9.37. The van der Waals surface area contributed by atoms with Crippen molar-refractivity contribution in [2.75, 3.05) is 12.4 Å². The quantitative estimate of drug-likeness (QED) is 0.778. The minimum Gasteiger partial charge on any atom is -0.386 e. The van der Waals surface area contributed by atoms with E-state index in [-0.39, 0.29) is 0 Å². The van der Waals surface area contributed by atoms with Gasteiger partial charge >= 0.3 is 0 Å². The molecule has 0 saturated carbocycles. The lowest BCUT2D eigenvalue weighted by Gasteiger charge is -1.97. The van der Waals surface area contributed by atoms with Crippen molar-refractivity contribution >= 4 is 27.5 Å². The molecule has 1 atom stereocenters. The summed E-state index contributed by atoms with van der Waals surface area (Å²) in [4.78, 5) is 13.2. The minimum absolute atomic E-state index is 0.557. The number of aliphatic hydroxyl groups is 1. The summed E-state index contributed by atoms with van der Waals surface area (Å²) in [5.41, 5.74) is 0.718. The van der Waals surface area contributed by atoms with Crippen LogP contribution in [0.15, 0.2) is 6.33 Å². The number of anilines is 1. The summed E-state index contributed by atoms with van der Waals surface area (Å²) in [7, 11) is 1.78. The highest BCUT2D eigenvalue weighted by atomic mass is 32.1. The van der Waals surface area contributed by atoms with Crippen LogP contribution in [0.1, 0.15) is 18.0 Å². The van der Waals surface area contributed by atoms with Gasteiger partial charge in [-0.1, -0.05) is 11.3 Å². The number of nitrogens with zero attached hydrogens (tertiary/aromatic N) is 3. The summed E-state index contributed by atoms with van der Waals surface area (Å²) in [5, 5.41) is 13.0. The molecule has 1 unspecified atom stereocenters. The van der Waals surface area contributed by atoms with E-state index >= 15 is 0 Å². The predicted molar refractivity (Wildman–Crippen MR) is 55.4 cm³/mol. The summed E-state index contributed by atoms with van der Waals surface area (Å²) in [5.74, 6) is 0.693. The molecule has 2 N–H and O–H groups in total. The van der Waals surface area contributed by atoms with Gasteiger partial charge in [-0.05, 0) is 6.92 Å². The first kappa shape index (κ1) is 9.29. The molecule has 74 valence electrons. The number of fused-ring (bicyclic) bond motifs is 1. The van der Waals surface area contributed by atoms with Gasteiger partial charge in [0, 0.05) is 7.05 Å². The molecule has 0 aliphatic carbocycles. The molecule has 0 aliphatic heterocycles. The van der Waals surface area contributed by atoms with Gasteiger partial charge in [-0.15, -0.1) is 0 Å². The Bertz CT molecular complexity index is 454. The molecule has 0 fully saturated rings. The molecule has 2 heterocycles. The molecule has 14 heavy (non-hydrogen) atoms. The van der Waals surface area contributed by atoms with Gasteiger partial charge in [0.15, 0.2) is 5.82 Å². The average Bonchev–Trinajstić information content (AvgIpc) is 2.60. The third-order valence-corrected chi connectivity index (χ3v) is 2.94. The minimum atomic E-state index is -0.557. The van der Waals surface area contributed by atoms with Crippen LogP contribution in [-0.4, -0.2) is 27.1 Å². The van der Waals surface area contributed by atoms with Crippen LogP contribution >= 0.6 is 11.3 Å². The van der Waals surface area contributed by atoms with E-state index in [2.05, 4.69) is 20.3 Å². The van der Waals surface area contributed by atoms with Crippen LogP contribution < -0.4 is 5.32 Å². The Hall–Kier alpha value is -1.27. The van der Waals surface area contributed by atoms with Crippen molar-refractivity contribution in [3.63, 3.8) is 0 Å². The van der Waals surface area contributed by atoms with Crippen LogP contribution in [0.25, 0.3) is 10.3 Å². The molecule has 0 spiro atoms. The third-order valence-electron chi connectivity index (χ3n) is 1.81. The first-order valence-corrected chi connectivity index (χ1v) is 5.01. The van der Waals surface area contributed by atoms with Gasteiger partial charge < -0.3 is 10.4 Å². The average molecular weight is 210 g/mol. The third kappa shape index (κ3) is 1.42. The van der Waals surface area contributed by atoms with Crippen LogP contribution in [0, 0.1) is 0 Å². The zero-order valence-electron chi connectivity index (χ0n) is 7.85. The molecular formula is C8H10N4OS. The van der Waals surface area contributed by atoms with Gasteiger partial charge in [-0.2, -0.15) is 0 Å². The molecule has 0 amide bonds. The number of hydrogen-bond acceptors (Lipinski definition) is 6. The second-order valence-electron chi connectivity index (χ2n) is 2.85. The Morgan fingerprint density at radius 2 is 2.29 bits per heavy atom. The van der Waals surface area contributed by atoms with Gasteiger partial charge in [0.1, 0.15) is 27.8 Å². The summed E-state index contributed by atoms with van der Waals surface area (Å²) >= 11 is 1.38. The Morgan fingerprint density at radius 1 is 1.50 bits per heavy atom. The topological polar surface area (TPSA) is 70.9 Å². The number of aliphatic hydroxyl groups excluding tert-OH is 1. The molecule has 2 aromatic rings. The second kappa shape index (κ2) is 3.47. The molecule has 0 bridgehead atoms. The lowest BCUT2D eigenvalue weighted by molar-refractivity contribution is 0.199. The van der Waals surface area contributed by atoms with Crippen LogP contribution in [0.3, 0.4) is 0 Å². The fraction of sp³-hybridized carbons (Fsp3) is 0.375. The molecule has 0 aliphatic rings. The van der Waals surface area contributed by atoms with Gasteiger partial charge in [0.2, 0.25) is 0 Å². The van der Waals surface area contributed by atoms with Crippen LogP contribution in [0.4, 0.5) is 5.82 Å². The monoisotopic (exact) mass is 210 g/mol. The molecule has 6 heteroatoms. The van der Waals surface area contributed by atoms with Crippen LogP contribution in [-0.2, 0) is 0 Å². The van der Waals surface area contributed by atoms with E-state index < -0.39 is 6.10 Å². The first-order valence-electron chi connectivity index (χ1n) is 4.19. The molecule has 2 rings (SSSR count). The SMILES string of the molecule is CNc1ncnc2sc(C(C)O)nc12. The van der Waals surface area contributed by atoms with E-state index in [1.54, 1.807) is 14.0 Å². The zero-order valence-corrected chi connectivity index (χ0v) is 8.67. The summed E-state index contributed by atoms with van der Waals surface area (Å²) in [6, 6.07) is 0. The predicted octanol–water partition coefficient (Wildman–Crippen LogP) is 1.18. The van der Waals surface area contributed by atoms with E-state index in [0.717, 1.165) is 10.3 Å². The van der Waals surface area contributed by atoms with Crippen LogP contribution in [0.5, 0.6) is 0 Å². The largest absolute Gasteiger partial charge is 0.386 e. The maximum Gasteiger partial charge on any atom is 0.156 e. The van der Waals surface area contributed by atoms with Gasteiger partial charge in [-0.3, -0.25) is 0 Å². The van der Waals surface area contributed by atoms with E-state index in [1.807, 2.05) is 0 Å². The van der Waals surface area contributed by atoms with Crippen molar-refractivity contribution in [2.45, 2.75) is 13.0 Å². The molecule has 5 nitrogen and oxygen atoms in total. The Labute approximate surface area is 84.9 Å². The number of nitrogens with one attached hydrogen (secondary N) is 1. The summed E-state index contributed by atoms with van der Waals surface area (Å²) < 4.78 is 0. The molecule has 0 aromatic carbocycles. The molecule has 2 aromatic heterocycles. The number of thiazole rings is 1. The highest BCUT2D eigenvalue weighted by Gasteiger charge is 2.12. The number of hydrogen-bond donors (Lipinski definition) is 2. The molecule has 0 saturated heterocycles. The Balaban J connectivity index is 2.64. The van der Waals surface area contributed by atoms with Crippen molar-refractivity contribution < 1.29 is 5.11 Å². The first-order chi connectivity index (χ1) is 6.72. The highest BCUT2D eigenvalue weighted by molar-refractivity contribution is 7.18. The fourth-order valence-corrected chi connectivity index (χ4v) is 1.98. The fourth-order valence-electron chi connectivity index (χ4n) is 1.13.